The predicted octanol–water partition coefficient (Wildman–Crippen LogP) is 3.80. The first-order valence-corrected chi connectivity index (χ1v) is 6.44. The van der Waals surface area contributed by atoms with Crippen molar-refractivity contribution in [1.82, 2.24) is 4.98 Å². The monoisotopic (exact) mass is 232 g/mol. The zero-order valence-electron chi connectivity index (χ0n) is 9.66. The van der Waals surface area contributed by atoms with Gasteiger partial charge in [-0.15, -0.1) is 0 Å². The average Bonchev–Trinajstić information content (AvgIpc) is 2.78. The van der Waals surface area contributed by atoms with Crippen molar-refractivity contribution in [1.29, 1.82) is 0 Å². The molecule has 0 saturated carbocycles. The van der Waals surface area contributed by atoms with Gasteiger partial charge in [-0.05, 0) is 24.5 Å². The first-order valence-electron chi connectivity index (χ1n) is 5.63. The fraction of sp³-hybridized carbons (Fsp3) is 0.308. The summed E-state index contributed by atoms with van der Waals surface area (Å²) >= 11 is 1.72. The lowest BCUT2D eigenvalue weighted by molar-refractivity contribution is 1.14. The molecule has 1 N–H and O–H groups in total. The first-order chi connectivity index (χ1) is 7.85. The number of aromatic nitrogens is 1. The van der Waals surface area contributed by atoms with Gasteiger partial charge in [0.1, 0.15) is 0 Å². The molecule has 0 aliphatic heterocycles. The largest absolute Gasteiger partial charge is 0.362 e. The quantitative estimate of drug-likeness (QED) is 0.867. The van der Waals surface area contributed by atoms with Gasteiger partial charge >= 0.3 is 0 Å². The molecule has 1 aromatic carbocycles. The molecule has 84 valence electrons. The first kappa shape index (κ1) is 11.1. The van der Waals surface area contributed by atoms with Gasteiger partial charge in [-0.2, -0.15) is 0 Å². The summed E-state index contributed by atoms with van der Waals surface area (Å²) in [5, 5.41) is 4.25. The van der Waals surface area contributed by atoms with Gasteiger partial charge in [0, 0.05) is 12.7 Å². The van der Waals surface area contributed by atoms with Gasteiger partial charge in [-0.3, -0.25) is 0 Å². The van der Waals surface area contributed by atoms with E-state index in [0.29, 0.717) is 0 Å². The summed E-state index contributed by atoms with van der Waals surface area (Å²) in [7, 11) is 0. The summed E-state index contributed by atoms with van der Waals surface area (Å²) in [6, 6.07) is 8.53. The molecule has 1 aromatic heterocycles. The fourth-order valence-electron chi connectivity index (χ4n) is 1.70. The van der Waals surface area contributed by atoms with Crippen molar-refractivity contribution in [2.45, 2.75) is 20.3 Å². The zero-order valence-corrected chi connectivity index (χ0v) is 10.5. The molecule has 1 heterocycles. The van der Waals surface area contributed by atoms with E-state index in [9.17, 15) is 0 Å². The Morgan fingerprint density at radius 2 is 2.06 bits per heavy atom. The third kappa shape index (κ3) is 2.25. The second kappa shape index (κ2) is 5.12. The molecule has 0 radical (unpaired) electrons. The summed E-state index contributed by atoms with van der Waals surface area (Å²) < 4.78 is 0. The summed E-state index contributed by atoms with van der Waals surface area (Å²) in [4.78, 5) is 5.61. The third-order valence-electron chi connectivity index (χ3n) is 2.50. The minimum atomic E-state index is 0.919. The predicted molar refractivity (Wildman–Crippen MR) is 71.1 cm³/mol. The van der Waals surface area contributed by atoms with E-state index in [1.165, 1.54) is 16.0 Å². The second-order valence-corrected chi connectivity index (χ2v) is 4.60. The van der Waals surface area contributed by atoms with Crippen LogP contribution in [0.1, 0.15) is 19.4 Å². The van der Waals surface area contributed by atoms with E-state index >= 15 is 0 Å². The molecule has 2 nitrogen and oxygen atoms in total. The summed E-state index contributed by atoms with van der Waals surface area (Å²) in [5.74, 6) is 0. The molecule has 0 aliphatic rings. The number of rotatable bonds is 4. The second-order valence-electron chi connectivity index (χ2n) is 3.57. The minimum Gasteiger partial charge on any atom is -0.362 e. The Hall–Kier alpha value is -1.35. The number of aryl methyl sites for hydroxylation is 1. The molecule has 0 atom stereocenters. The van der Waals surface area contributed by atoms with E-state index in [1.54, 1.807) is 11.3 Å². The van der Waals surface area contributed by atoms with Crippen LogP contribution in [0.3, 0.4) is 0 Å². The van der Waals surface area contributed by atoms with Gasteiger partial charge in [-0.1, -0.05) is 42.5 Å². The van der Waals surface area contributed by atoms with Crippen molar-refractivity contribution in [3.63, 3.8) is 0 Å². The molecule has 0 spiro atoms. The number of anilines is 1. The summed E-state index contributed by atoms with van der Waals surface area (Å²) in [6.07, 6.45) is 3.02. The molecule has 0 amide bonds. The lowest BCUT2D eigenvalue weighted by atomic mass is 10.0. The van der Waals surface area contributed by atoms with Crippen molar-refractivity contribution in [3.05, 3.63) is 36.0 Å². The number of hydrogen-bond donors (Lipinski definition) is 1. The van der Waals surface area contributed by atoms with Crippen LogP contribution in [0.15, 0.2) is 30.5 Å². The van der Waals surface area contributed by atoms with Crippen LogP contribution in [-0.2, 0) is 6.42 Å². The van der Waals surface area contributed by atoms with Crippen LogP contribution in [0.2, 0.25) is 0 Å². The van der Waals surface area contributed by atoms with E-state index in [2.05, 4.69) is 48.4 Å². The van der Waals surface area contributed by atoms with Crippen LogP contribution in [0, 0.1) is 0 Å². The Bertz CT molecular complexity index is 462. The Morgan fingerprint density at radius 3 is 2.81 bits per heavy atom. The molecule has 0 aliphatic carbocycles. The van der Waals surface area contributed by atoms with Crippen LogP contribution in [-0.4, -0.2) is 11.5 Å². The standard InChI is InChI=1S/C13H16N2S/c1-3-10-7-5-6-8-11(10)12-9-15-13(16-12)14-4-2/h5-9H,3-4H2,1-2H3,(H,14,15). The lowest BCUT2D eigenvalue weighted by Gasteiger charge is -2.03. The van der Waals surface area contributed by atoms with Crippen molar-refractivity contribution >= 4 is 16.5 Å². The highest BCUT2D eigenvalue weighted by Gasteiger charge is 2.06. The fourth-order valence-corrected chi connectivity index (χ4v) is 2.65. The Balaban J connectivity index is 2.34. The van der Waals surface area contributed by atoms with Crippen LogP contribution in [0.5, 0.6) is 0 Å². The molecule has 2 rings (SSSR count). The van der Waals surface area contributed by atoms with Gasteiger partial charge in [0.2, 0.25) is 0 Å². The minimum absolute atomic E-state index is 0.919. The lowest BCUT2D eigenvalue weighted by Crippen LogP contribution is -1.94. The topological polar surface area (TPSA) is 24.9 Å². The van der Waals surface area contributed by atoms with Crippen molar-refractivity contribution in [3.8, 4) is 10.4 Å². The maximum Gasteiger partial charge on any atom is 0.183 e. The SMILES string of the molecule is CCNc1ncc(-c2ccccc2CC)s1. The zero-order chi connectivity index (χ0) is 11.4. The highest BCUT2D eigenvalue weighted by Crippen LogP contribution is 2.31. The van der Waals surface area contributed by atoms with Crippen molar-refractivity contribution in [2.24, 2.45) is 0 Å². The number of benzene rings is 1. The van der Waals surface area contributed by atoms with Crippen molar-refractivity contribution < 1.29 is 0 Å². The Kier molecular flexibility index (Phi) is 3.57. The van der Waals surface area contributed by atoms with Crippen molar-refractivity contribution in [2.75, 3.05) is 11.9 Å². The molecular weight excluding hydrogens is 216 g/mol. The van der Waals surface area contributed by atoms with Gasteiger partial charge in [0.25, 0.3) is 0 Å². The summed E-state index contributed by atoms with van der Waals surface area (Å²) in [6.45, 7) is 5.19. The molecule has 2 aromatic rings. The van der Waals surface area contributed by atoms with E-state index in [0.717, 1.165) is 18.1 Å². The maximum atomic E-state index is 4.37. The van der Waals surface area contributed by atoms with Crippen LogP contribution >= 0.6 is 11.3 Å². The Labute approximate surface area is 100 Å². The third-order valence-corrected chi connectivity index (χ3v) is 3.49. The van der Waals surface area contributed by atoms with E-state index < -0.39 is 0 Å². The molecule has 0 fully saturated rings. The number of thiazole rings is 1. The molecule has 16 heavy (non-hydrogen) atoms. The molecule has 3 heteroatoms. The summed E-state index contributed by atoms with van der Waals surface area (Å²) in [5.41, 5.74) is 2.70. The number of nitrogens with one attached hydrogen (secondary N) is 1. The Morgan fingerprint density at radius 1 is 1.25 bits per heavy atom. The highest BCUT2D eigenvalue weighted by molar-refractivity contribution is 7.18. The molecule has 0 unspecified atom stereocenters. The van der Waals surface area contributed by atoms with Crippen LogP contribution < -0.4 is 5.32 Å². The van der Waals surface area contributed by atoms with Gasteiger partial charge in [0.15, 0.2) is 5.13 Å². The number of nitrogens with zero attached hydrogens (tertiary/aromatic N) is 1. The van der Waals surface area contributed by atoms with Gasteiger partial charge in [-0.25, -0.2) is 4.98 Å². The average molecular weight is 232 g/mol. The molecule has 0 bridgehead atoms. The van der Waals surface area contributed by atoms with Crippen LogP contribution in [0.4, 0.5) is 5.13 Å². The van der Waals surface area contributed by atoms with Crippen LogP contribution in [0.25, 0.3) is 10.4 Å². The van der Waals surface area contributed by atoms with Gasteiger partial charge in [0.05, 0.1) is 4.88 Å². The van der Waals surface area contributed by atoms with Gasteiger partial charge < -0.3 is 5.32 Å². The highest BCUT2D eigenvalue weighted by atomic mass is 32.1. The molecular formula is C13H16N2S. The van der Waals surface area contributed by atoms with E-state index in [-0.39, 0.29) is 0 Å². The van der Waals surface area contributed by atoms with E-state index in [1.807, 2.05) is 6.20 Å². The molecule has 0 saturated heterocycles. The number of hydrogen-bond acceptors (Lipinski definition) is 3. The van der Waals surface area contributed by atoms with E-state index in [4.69, 9.17) is 0 Å². The smallest absolute Gasteiger partial charge is 0.183 e. The normalized spacial score (nSPS) is 10.4. The maximum absolute atomic E-state index is 4.37.